The lowest BCUT2D eigenvalue weighted by molar-refractivity contribution is 0.220. The summed E-state index contributed by atoms with van der Waals surface area (Å²) in [5, 5.41) is 22.7. The van der Waals surface area contributed by atoms with Gasteiger partial charge >= 0.3 is 0 Å². The largest absolute Gasteiger partial charge is 0.396 e. The molecule has 0 spiro atoms. The maximum absolute atomic E-state index is 9.03. The van der Waals surface area contributed by atoms with Gasteiger partial charge in [0, 0.05) is 23.9 Å². The molecule has 0 aliphatic carbocycles. The first-order valence-corrected chi connectivity index (χ1v) is 6.67. The molecular weight excluding hydrogens is 262 g/mol. The van der Waals surface area contributed by atoms with Gasteiger partial charge in [-0.3, -0.25) is 0 Å². The Balaban J connectivity index is 2.24. The standard InChI is InChI=1S/C14H18ClN3O/c1-14(2,7-8-19)9-16-13-11-6-4-3-5-10(11)12(15)17-18-13/h3-6,19H,7-9H2,1-2H3,(H,16,18). The summed E-state index contributed by atoms with van der Waals surface area (Å²) in [5.74, 6) is 0.728. The minimum Gasteiger partial charge on any atom is -0.396 e. The number of hydrogen-bond donors (Lipinski definition) is 2. The van der Waals surface area contributed by atoms with Crippen molar-refractivity contribution in [2.75, 3.05) is 18.5 Å². The molecule has 0 saturated carbocycles. The Morgan fingerprint density at radius 3 is 2.58 bits per heavy atom. The Bertz CT molecular complexity index is 572. The zero-order valence-electron chi connectivity index (χ0n) is 11.2. The summed E-state index contributed by atoms with van der Waals surface area (Å²) in [7, 11) is 0. The van der Waals surface area contributed by atoms with Gasteiger partial charge in [0.1, 0.15) is 0 Å². The number of nitrogens with zero attached hydrogens (tertiary/aromatic N) is 2. The summed E-state index contributed by atoms with van der Waals surface area (Å²) < 4.78 is 0. The summed E-state index contributed by atoms with van der Waals surface area (Å²) in [6, 6.07) is 7.77. The number of rotatable bonds is 5. The van der Waals surface area contributed by atoms with E-state index >= 15 is 0 Å². The molecule has 5 heteroatoms. The first kappa shape index (κ1) is 14.0. The lowest BCUT2D eigenvalue weighted by Gasteiger charge is -2.24. The number of aliphatic hydroxyl groups excluding tert-OH is 1. The third-order valence-electron chi connectivity index (χ3n) is 3.17. The lowest BCUT2D eigenvalue weighted by atomic mass is 9.90. The van der Waals surface area contributed by atoms with Crippen molar-refractivity contribution in [2.24, 2.45) is 5.41 Å². The van der Waals surface area contributed by atoms with E-state index in [4.69, 9.17) is 16.7 Å². The van der Waals surface area contributed by atoms with Crippen molar-refractivity contribution < 1.29 is 5.11 Å². The zero-order chi connectivity index (χ0) is 13.9. The van der Waals surface area contributed by atoms with Crippen LogP contribution in [0.3, 0.4) is 0 Å². The number of anilines is 1. The molecule has 19 heavy (non-hydrogen) atoms. The Morgan fingerprint density at radius 1 is 1.21 bits per heavy atom. The molecule has 0 unspecified atom stereocenters. The number of nitrogens with one attached hydrogen (secondary N) is 1. The Hall–Kier alpha value is -1.39. The number of aliphatic hydroxyl groups is 1. The molecule has 0 amide bonds. The molecule has 2 aromatic rings. The van der Waals surface area contributed by atoms with Gasteiger partial charge in [-0.2, -0.15) is 0 Å². The van der Waals surface area contributed by atoms with Crippen LogP contribution in [0.25, 0.3) is 10.8 Å². The maximum Gasteiger partial charge on any atom is 0.159 e. The highest BCUT2D eigenvalue weighted by atomic mass is 35.5. The monoisotopic (exact) mass is 279 g/mol. The molecule has 2 N–H and O–H groups in total. The van der Waals surface area contributed by atoms with E-state index < -0.39 is 0 Å². The van der Waals surface area contributed by atoms with E-state index in [1.165, 1.54) is 0 Å². The molecule has 0 radical (unpaired) electrons. The average molecular weight is 280 g/mol. The molecule has 0 atom stereocenters. The fourth-order valence-electron chi connectivity index (χ4n) is 1.92. The van der Waals surface area contributed by atoms with Crippen molar-refractivity contribution in [1.82, 2.24) is 10.2 Å². The number of hydrogen-bond acceptors (Lipinski definition) is 4. The first-order valence-electron chi connectivity index (χ1n) is 6.29. The highest BCUT2D eigenvalue weighted by Crippen LogP contribution is 2.27. The summed E-state index contributed by atoms with van der Waals surface area (Å²) in [6.07, 6.45) is 0.735. The second-order valence-electron chi connectivity index (χ2n) is 5.38. The summed E-state index contributed by atoms with van der Waals surface area (Å²) in [4.78, 5) is 0. The maximum atomic E-state index is 9.03. The van der Waals surface area contributed by atoms with Crippen LogP contribution >= 0.6 is 11.6 Å². The van der Waals surface area contributed by atoms with E-state index in [1.54, 1.807) is 0 Å². The van der Waals surface area contributed by atoms with Crippen LogP contribution in [0.2, 0.25) is 5.15 Å². The predicted octanol–water partition coefficient (Wildman–Crippen LogP) is 3.10. The van der Waals surface area contributed by atoms with E-state index in [0.717, 1.165) is 23.0 Å². The van der Waals surface area contributed by atoms with Gasteiger partial charge in [0.25, 0.3) is 0 Å². The molecule has 0 bridgehead atoms. The van der Waals surface area contributed by atoms with E-state index in [9.17, 15) is 0 Å². The van der Waals surface area contributed by atoms with Gasteiger partial charge in [0.05, 0.1) is 0 Å². The summed E-state index contributed by atoms with van der Waals surface area (Å²) >= 11 is 6.03. The number of fused-ring (bicyclic) bond motifs is 1. The molecule has 0 aliphatic rings. The molecule has 2 rings (SSSR count). The van der Waals surface area contributed by atoms with Gasteiger partial charge in [-0.1, -0.05) is 49.7 Å². The molecule has 0 fully saturated rings. The van der Waals surface area contributed by atoms with Crippen molar-refractivity contribution in [3.8, 4) is 0 Å². The zero-order valence-corrected chi connectivity index (χ0v) is 11.9. The third kappa shape index (κ3) is 3.33. The van der Waals surface area contributed by atoms with Crippen LogP contribution in [-0.2, 0) is 0 Å². The summed E-state index contributed by atoms with van der Waals surface area (Å²) in [6.45, 7) is 5.10. The van der Waals surface area contributed by atoms with E-state index in [1.807, 2.05) is 24.3 Å². The second-order valence-corrected chi connectivity index (χ2v) is 5.73. The average Bonchev–Trinajstić information content (AvgIpc) is 2.38. The van der Waals surface area contributed by atoms with Crippen LogP contribution in [0, 0.1) is 5.41 Å². The van der Waals surface area contributed by atoms with Crippen molar-refractivity contribution >= 4 is 28.2 Å². The molecule has 0 aliphatic heterocycles. The Kier molecular flexibility index (Phi) is 4.22. The molecule has 4 nitrogen and oxygen atoms in total. The SMILES string of the molecule is CC(C)(CCO)CNc1nnc(Cl)c2ccccc12. The van der Waals surface area contributed by atoms with Crippen molar-refractivity contribution in [2.45, 2.75) is 20.3 Å². The topological polar surface area (TPSA) is 58.0 Å². The van der Waals surface area contributed by atoms with Gasteiger partial charge in [-0.25, -0.2) is 0 Å². The molecule has 102 valence electrons. The Labute approximate surface area is 117 Å². The van der Waals surface area contributed by atoms with Gasteiger partial charge in [-0.15, -0.1) is 10.2 Å². The number of aromatic nitrogens is 2. The van der Waals surface area contributed by atoms with E-state index in [2.05, 4.69) is 29.4 Å². The molecule has 1 aromatic carbocycles. The molecule has 1 aromatic heterocycles. The number of benzene rings is 1. The van der Waals surface area contributed by atoms with Crippen LogP contribution in [-0.4, -0.2) is 28.5 Å². The fourth-order valence-corrected chi connectivity index (χ4v) is 2.12. The van der Waals surface area contributed by atoms with Crippen LogP contribution in [0.5, 0.6) is 0 Å². The van der Waals surface area contributed by atoms with Crippen molar-refractivity contribution in [3.05, 3.63) is 29.4 Å². The minimum atomic E-state index is -0.00281. The fraction of sp³-hybridized carbons (Fsp3) is 0.429. The van der Waals surface area contributed by atoms with Crippen LogP contribution in [0.4, 0.5) is 5.82 Å². The molecular formula is C14H18ClN3O. The first-order chi connectivity index (χ1) is 9.03. The van der Waals surface area contributed by atoms with Crippen LogP contribution < -0.4 is 5.32 Å². The lowest BCUT2D eigenvalue weighted by Crippen LogP contribution is -2.24. The number of halogens is 1. The minimum absolute atomic E-state index is 0.00281. The Morgan fingerprint density at radius 2 is 1.89 bits per heavy atom. The quantitative estimate of drug-likeness (QED) is 0.883. The molecule has 0 saturated heterocycles. The highest BCUT2D eigenvalue weighted by molar-refractivity contribution is 6.34. The highest BCUT2D eigenvalue weighted by Gasteiger charge is 2.18. The normalized spacial score (nSPS) is 11.8. The predicted molar refractivity (Wildman–Crippen MR) is 78.5 cm³/mol. The van der Waals surface area contributed by atoms with Crippen molar-refractivity contribution in [1.29, 1.82) is 0 Å². The summed E-state index contributed by atoms with van der Waals surface area (Å²) in [5.41, 5.74) is -0.00281. The van der Waals surface area contributed by atoms with E-state index in [-0.39, 0.29) is 12.0 Å². The van der Waals surface area contributed by atoms with E-state index in [0.29, 0.717) is 11.7 Å². The van der Waals surface area contributed by atoms with Crippen molar-refractivity contribution in [3.63, 3.8) is 0 Å². The van der Waals surface area contributed by atoms with Crippen LogP contribution in [0.15, 0.2) is 24.3 Å². The smallest absolute Gasteiger partial charge is 0.159 e. The van der Waals surface area contributed by atoms with Gasteiger partial charge in [0.2, 0.25) is 0 Å². The van der Waals surface area contributed by atoms with Gasteiger partial charge < -0.3 is 10.4 Å². The third-order valence-corrected chi connectivity index (χ3v) is 3.44. The second kappa shape index (κ2) is 5.72. The molecule has 1 heterocycles. The van der Waals surface area contributed by atoms with Gasteiger partial charge in [-0.05, 0) is 11.8 Å². The van der Waals surface area contributed by atoms with Gasteiger partial charge in [0.15, 0.2) is 11.0 Å². The van der Waals surface area contributed by atoms with Crippen LogP contribution in [0.1, 0.15) is 20.3 Å².